The number of hydrogen-bond acceptors (Lipinski definition) is 2. The van der Waals surface area contributed by atoms with E-state index in [9.17, 15) is 0 Å². The molecule has 4 heteroatoms. The summed E-state index contributed by atoms with van der Waals surface area (Å²) in [5, 5.41) is 9.10. The number of aromatic amines is 1. The molecule has 3 nitrogen and oxygen atoms in total. The van der Waals surface area contributed by atoms with Crippen LogP contribution in [0.25, 0.3) is 11.0 Å². The van der Waals surface area contributed by atoms with Crippen LogP contribution in [0.5, 0.6) is 0 Å². The zero-order valence-corrected chi connectivity index (χ0v) is 13.2. The van der Waals surface area contributed by atoms with Crippen molar-refractivity contribution in [2.75, 3.05) is 0 Å². The lowest BCUT2D eigenvalue weighted by Crippen LogP contribution is -2.18. The first kappa shape index (κ1) is 14.3. The molecule has 1 N–H and O–H groups in total. The molecule has 0 radical (unpaired) electrons. The standard InChI is InChI=1S/C17H21N3S/c1-2-3-12-4-7-14(8-5-12)20-16-10-13(11-18)6-9-15(16)19-17(20)21/h6,9-10,12,14H,2-5,7-8H2,1H3,(H,19,21). The van der Waals surface area contributed by atoms with E-state index in [-0.39, 0.29) is 0 Å². The number of imidazole rings is 1. The smallest absolute Gasteiger partial charge is 0.178 e. The fraction of sp³-hybridized carbons (Fsp3) is 0.529. The quantitative estimate of drug-likeness (QED) is 0.801. The maximum Gasteiger partial charge on any atom is 0.178 e. The summed E-state index contributed by atoms with van der Waals surface area (Å²) < 4.78 is 3.03. The molecule has 0 bridgehead atoms. The van der Waals surface area contributed by atoms with Crippen LogP contribution < -0.4 is 0 Å². The van der Waals surface area contributed by atoms with E-state index in [4.69, 9.17) is 17.5 Å². The molecule has 1 saturated carbocycles. The lowest BCUT2D eigenvalue weighted by molar-refractivity contribution is 0.264. The summed E-state index contributed by atoms with van der Waals surface area (Å²) >= 11 is 5.52. The molecular formula is C17H21N3S. The largest absolute Gasteiger partial charge is 0.331 e. The van der Waals surface area contributed by atoms with Gasteiger partial charge in [-0.2, -0.15) is 5.26 Å². The van der Waals surface area contributed by atoms with Crippen molar-refractivity contribution in [3.8, 4) is 6.07 Å². The van der Waals surface area contributed by atoms with Gasteiger partial charge >= 0.3 is 0 Å². The van der Waals surface area contributed by atoms with E-state index in [1.54, 1.807) is 0 Å². The molecule has 1 fully saturated rings. The van der Waals surface area contributed by atoms with Crippen LogP contribution in [0.4, 0.5) is 0 Å². The van der Waals surface area contributed by atoms with E-state index < -0.39 is 0 Å². The van der Waals surface area contributed by atoms with Gasteiger partial charge in [-0.05, 0) is 62.0 Å². The van der Waals surface area contributed by atoms with Crippen molar-refractivity contribution >= 4 is 23.3 Å². The van der Waals surface area contributed by atoms with Gasteiger partial charge < -0.3 is 9.55 Å². The van der Waals surface area contributed by atoms with E-state index in [0.717, 1.165) is 21.7 Å². The summed E-state index contributed by atoms with van der Waals surface area (Å²) in [4.78, 5) is 3.28. The van der Waals surface area contributed by atoms with Gasteiger partial charge in [0.25, 0.3) is 0 Å². The third-order valence-electron chi connectivity index (χ3n) is 4.73. The van der Waals surface area contributed by atoms with E-state index in [2.05, 4.69) is 22.5 Å². The molecule has 0 amide bonds. The Bertz CT molecular complexity index is 727. The molecule has 1 aromatic heterocycles. The van der Waals surface area contributed by atoms with E-state index in [0.29, 0.717) is 11.6 Å². The molecule has 0 atom stereocenters. The highest BCUT2D eigenvalue weighted by molar-refractivity contribution is 7.71. The van der Waals surface area contributed by atoms with Crippen LogP contribution >= 0.6 is 12.2 Å². The Labute approximate surface area is 130 Å². The predicted octanol–water partition coefficient (Wildman–Crippen LogP) is 5.10. The van der Waals surface area contributed by atoms with Crippen LogP contribution in [-0.2, 0) is 0 Å². The summed E-state index contributed by atoms with van der Waals surface area (Å²) in [7, 11) is 0. The summed E-state index contributed by atoms with van der Waals surface area (Å²) in [5.41, 5.74) is 2.82. The van der Waals surface area contributed by atoms with Crippen molar-refractivity contribution < 1.29 is 0 Å². The number of aromatic nitrogens is 2. The van der Waals surface area contributed by atoms with Gasteiger partial charge in [-0.1, -0.05) is 19.8 Å². The first-order chi connectivity index (χ1) is 10.2. The molecule has 0 spiro atoms. The minimum absolute atomic E-state index is 0.480. The highest BCUT2D eigenvalue weighted by atomic mass is 32.1. The Kier molecular flexibility index (Phi) is 4.12. The van der Waals surface area contributed by atoms with E-state index in [1.807, 2.05) is 18.2 Å². The number of H-pyrrole nitrogens is 1. The van der Waals surface area contributed by atoms with Crippen LogP contribution in [0, 0.1) is 22.0 Å². The number of hydrogen-bond donors (Lipinski definition) is 1. The molecule has 1 aromatic carbocycles. The van der Waals surface area contributed by atoms with Crippen molar-refractivity contribution in [1.82, 2.24) is 9.55 Å². The number of nitriles is 1. The predicted molar refractivity (Wildman–Crippen MR) is 87.7 cm³/mol. The zero-order chi connectivity index (χ0) is 14.8. The maximum atomic E-state index is 9.10. The second-order valence-corrected chi connectivity index (χ2v) is 6.49. The molecule has 0 saturated heterocycles. The van der Waals surface area contributed by atoms with Crippen molar-refractivity contribution in [3.63, 3.8) is 0 Å². The second kappa shape index (κ2) is 6.03. The van der Waals surface area contributed by atoms with Crippen LogP contribution in [0.3, 0.4) is 0 Å². The van der Waals surface area contributed by atoms with Gasteiger partial charge in [0, 0.05) is 6.04 Å². The molecule has 2 aromatic rings. The number of rotatable bonds is 3. The molecule has 21 heavy (non-hydrogen) atoms. The molecule has 0 unspecified atom stereocenters. The van der Waals surface area contributed by atoms with Gasteiger partial charge in [0.2, 0.25) is 0 Å². The van der Waals surface area contributed by atoms with Crippen molar-refractivity contribution in [1.29, 1.82) is 5.26 Å². The van der Waals surface area contributed by atoms with Crippen molar-refractivity contribution in [2.45, 2.75) is 51.5 Å². The lowest BCUT2D eigenvalue weighted by Gasteiger charge is -2.29. The van der Waals surface area contributed by atoms with E-state index >= 15 is 0 Å². The van der Waals surface area contributed by atoms with Crippen molar-refractivity contribution in [3.05, 3.63) is 28.5 Å². The SMILES string of the molecule is CCCC1CCC(n2c(=S)[nH]c3ccc(C#N)cc32)CC1. The normalized spacial score (nSPS) is 22.3. The number of nitrogens with one attached hydrogen (secondary N) is 1. The second-order valence-electron chi connectivity index (χ2n) is 6.11. The van der Waals surface area contributed by atoms with Gasteiger partial charge in [-0.25, -0.2) is 0 Å². The monoisotopic (exact) mass is 299 g/mol. The summed E-state index contributed by atoms with van der Waals surface area (Å²) in [6.45, 7) is 2.27. The van der Waals surface area contributed by atoms with Crippen LogP contribution in [0.2, 0.25) is 0 Å². The summed E-state index contributed by atoms with van der Waals surface area (Å²) in [5.74, 6) is 0.889. The maximum absolute atomic E-state index is 9.10. The third-order valence-corrected chi connectivity index (χ3v) is 5.02. The molecule has 1 aliphatic rings. The fourth-order valence-electron chi connectivity index (χ4n) is 3.65. The average Bonchev–Trinajstić information content (AvgIpc) is 2.83. The van der Waals surface area contributed by atoms with Crippen LogP contribution in [0.15, 0.2) is 18.2 Å². The van der Waals surface area contributed by atoms with Gasteiger partial charge in [-0.15, -0.1) is 0 Å². The Hall–Kier alpha value is -1.60. The summed E-state index contributed by atoms with van der Waals surface area (Å²) in [6, 6.07) is 8.46. The van der Waals surface area contributed by atoms with Gasteiger partial charge in [0.1, 0.15) is 0 Å². The minimum Gasteiger partial charge on any atom is -0.331 e. The Balaban J connectivity index is 1.92. The van der Waals surface area contributed by atoms with Crippen molar-refractivity contribution in [2.24, 2.45) is 5.92 Å². The first-order valence-electron chi connectivity index (χ1n) is 7.87. The Morgan fingerprint density at radius 2 is 2.10 bits per heavy atom. The number of benzene rings is 1. The Morgan fingerprint density at radius 3 is 2.76 bits per heavy atom. The third kappa shape index (κ3) is 2.75. The van der Waals surface area contributed by atoms with Gasteiger partial charge in [0.15, 0.2) is 4.77 Å². The highest BCUT2D eigenvalue weighted by Crippen LogP contribution is 2.36. The topological polar surface area (TPSA) is 44.5 Å². The summed E-state index contributed by atoms with van der Waals surface area (Å²) in [6.07, 6.45) is 7.62. The molecule has 0 aliphatic heterocycles. The Morgan fingerprint density at radius 1 is 1.33 bits per heavy atom. The molecule has 1 heterocycles. The molecule has 1 aliphatic carbocycles. The molecule has 110 valence electrons. The van der Waals surface area contributed by atoms with Crippen LogP contribution in [-0.4, -0.2) is 9.55 Å². The zero-order valence-electron chi connectivity index (χ0n) is 12.4. The lowest BCUT2D eigenvalue weighted by atomic mass is 9.83. The number of nitrogens with zero attached hydrogens (tertiary/aromatic N) is 2. The average molecular weight is 299 g/mol. The van der Waals surface area contributed by atoms with Crippen LogP contribution in [0.1, 0.15) is 57.1 Å². The highest BCUT2D eigenvalue weighted by Gasteiger charge is 2.23. The number of fused-ring (bicyclic) bond motifs is 1. The fourth-order valence-corrected chi connectivity index (χ4v) is 4.01. The first-order valence-corrected chi connectivity index (χ1v) is 8.28. The van der Waals surface area contributed by atoms with E-state index in [1.165, 1.54) is 38.5 Å². The minimum atomic E-state index is 0.480. The van der Waals surface area contributed by atoms with Gasteiger partial charge in [-0.3, -0.25) is 0 Å². The molecular weight excluding hydrogens is 278 g/mol. The van der Waals surface area contributed by atoms with Gasteiger partial charge in [0.05, 0.1) is 22.7 Å². The molecule has 3 rings (SSSR count).